The molecule has 0 N–H and O–H groups in total. The Labute approximate surface area is 185 Å². The third kappa shape index (κ3) is 4.18. The van der Waals surface area contributed by atoms with E-state index in [4.69, 9.17) is 14.5 Å². The highest BCUT2D eigenvalue weighted by molar-refractivity contribution is 6.01. The van der Waals surface area contributed by atoms with Gasteiger partial charge in [-0.25, -0.2) is 15.0 Å². The van der Waals surface area contributed by atoms with Crippen molar-refractivity contribution in [2.24, 2.45) is 13.0 Å². The molecule has 166 valence electrons. The quantitative estimate of drug-likeness (QED) is 0.544. The summed E-state index contributed by atoms with van der Waals surface area (Å²) in [6.45, 7) is 1.15. The van der Waals surface area contributed by atoms with Crippen molar-refractivity contribution in [3.63, 3.8) is 0 Å². The summed E-state index contributed by atoms with van der Waals surface area (Å²) in [7, 11) is 4.80. The summed E-state index contributed by atoms with van der Waals surface area (Å²) in [5.74, 6) is 1.36. The molecule has 3 aromatic rings. The number of methoxy groups -OCH3 is 2. The zero-order chi connectivity index (χ0) is 22.7. The number of nitrogens with zero attached hydrogens (tertiary/aromatic N) is 5. The number of ketones is 1. The zero-order valence-electron chi connectivity index (χ0n) is 18.3. The van der Waals surface area contributed by atoms with E-state index < -0.39 is 0 Å². The number of anilines is 1. The van der Waals surface area contributed by atoms with Crippen LogP contribution in [0.4, 0.5) is 5.95 Å². The first-order chi connectivity index (χ1) is 15.5. The fourth-order valence-corrected chi connectivity index (χ4v) is 3.98. The Kier molecular flexibility index (Phi) is 6.16. The van der Waals surface area contributed by atoms with Crippen molar-refractivity contribution in [2.45, 2.75) is 12.8 Å². The number of ether oxygens (including phenoxy) is 2. The molecule has 1 atom stereocenters. The Hall–Kier alpha value is -3.75. The van der Waals surface area contributed by atoms with Crippen LogP contribution in [0.25, 0.3) is 11.4 Å². The second-order valence-electron chi connectivity index (χ2n) is 7.65. The lowest BCUT2D eigenvalue weighted by Crippen LogP contribution is -2.42. The highest BCUT2D eigenvalue weighted by Gasteiger charge is 2.30. The Balaban J connectivity index is 1.65. The molecule has 3 heterocycles. The van der Waals surface area contributed by atoms with Gasteiger partial charge >= 0.3 is 0 Å². The lowest BCUT2D eigenvalue weighted by atomic mass is 9.89. The number of carbonyl (C=O) groups is 1. The molecule has 9 nitrogen and oxygen atoms in total. The summed E-state index contributed by atoms with van der Waals surface area (Å²) in [6, 6.07) is 8.39. The predicted octanol–water partition coefficient (Wildman–Crippen LogP) is 2.35. The van der Waals surface area contributed by atoms with Crippen LogP contribution in [-0.2, 0) is 7.05 Å². The Bertz CT molecular complexity index is 1180. The fourth-order valence-electron chi connectivity index (χ4n) is 3.98. The predicted molar refractivity (Wildman–Crippen MR) is 119 cm³/mol. The Morgan fingerprint density at radius 2 is 1.97 bits per heavy atom. The van der Waals surface area contributed by atoms with Crippen molar-refractivity contribution in [1.82, 2.24) is 19.5 Å². The molecule has 0 amide bonds. The third-order valence-corrected chi connectivity index (χ3v) is 5.70. The van der Waals surface area contributed by atoms with Gasteiger partial charge in [0.2, 0.25) is 5.95 Å². The number of Topliss-reactive ketones (excluding diaryl/α,β-unsaturated/α-hetero) is 1. The molecule has 0 radical (unpaired) electrons. The van der Waals surface area contributed by atoms with E-state index >= 15 is 0 Å². The molecule has 4 rings (SSSR count). The second-order valence-corrected chi connectivity index (χ2v) is 7.65. The molecule has 1 aromatic carbocycles. The number of carbonyl (C=O) groups excluding carboxylic acids is 1. The SMILES string of the molecule is COc1ccc(OC)c(C(=O)C2CCCN(c3nc(-c4ccncn4)cc(=O)n3C)C2)c1. The third-order valence-electron chi connectivity index (χ3n) is 5.70. The molecule has 1 aliphatic heterocycles. The van der Waals surface area contributed by atoms with Gasteiger partial charge in [0.1, 0.15) is 17.8 Å². The van der Waals surface area contributed by atoms with Crippen LogP contribution >= 0.6 is 0 Å². The van der Waals surface area contributed by atoms with Crippen LogP contribution in [0.15, 0.2) is 47.7 Å². The van der Waals surface area contributed by atoms with Crippen LogP contribution in [-0.4, -0.2) is 52.6 Å². The van der Waals surface area contributed by atoms with Crippen LogP contribution in [0.1, 0.15) is 23.2 Å². The van der Waals surface area contributed by atoms with Gasteiger partial charge in [-0.15, -0.1) is 0 Å². The summed E-state index contributed by atoms with van der Waals surface area (Å²) in [6.07, 6.45) is 4.58. The van der Waals surface area contributed by atoms with Crippen LogP contribution in [0.2, 0.25) is 0 Å². The molecule has 2 aromatic heterocycles. The number of hydrogen-bond donors (Lipinski definition) is 0. The van der Waals surface area contributed by atoms with Crippen LogP contribution in [0.5, 0.6) is 11.5 Å². The van der Waals surface area contributed by atoms with E-state index in [-0.39, 0.29) is 17.3 Å². The van der Waals surface area contributed by atoms with Crippen molar-refractivity contribution in [3.8, 4) is 22.9 Å². The molecular formula is C23H25N5O4. The number of aromatic nitrogens is 4. The van der Waals surface area contributed by atoms with Gasteiger partial charge in [0.25, 0.3) is 5.56 Å². The van der Waals surface area contributed by atoms with Gasteiger partial charge in [-0.05, 0) is 37.1 Å². The highest BCUT2D eigenvalue weighted by atomic mass is 16.5. The van der Waals surface area contributed by atoms with E-state index in [0.717, 1.165) is 12.8 Å². The lowest BCUT2D eigenvalue weighted by molar-refractivity contribution is 0.0903. The summed E-state index contributed by atoms with van der Waals surface area (Å²) >= 11 is 0. The number of rotatable bonds is 6. The highest BCUT2D eigenvalue weighted by Crippen LogP contribution is 2.30. The maximum atomic E-state index is 13.4. The first-order valence-corrected chi connectivity index (χ1v) is 10.4. The van der Waals surface area contributed by atoms with Gasteiger partial charge in [-0.2, -0.15) is 0 Å². The molecule has 32 heavy (non-hydrogen) atoms. The molecule has 0 spiro atoms. The summed E-state index contributed by atoms with van der Waals surface area (Å²) < 4.78 is 12.2. The maximum Gasteiger partial charge on any atom is 0.255 e. The minimum atomic E-state index is -0.260. The van der Waals surface area contributed by atoms with E-state index in [9.17, 15) is 9.59 Å². The Morgan fingerprint density at radius 3 is 2.69 bits per heavy atom. The van der Waals surface area contributed by atoms with Gasteiger partial charge < -0.3 is 14.4 Å². The van der Waals surface area contributed by atoms with Gasteiger partial charge in [-0.1, -0.05) is 0 Å². The second kappa shape index (κ2) is 9.17. The summed E-state index contributed by atoms with van der Waals surface area (Å²) in [5.41, 5.74) is 1.36. The van der Waals surface area contributed by atoms with E-state index in [1.165, 1.54) is 17.0 Å². The van der Waals surface area contributed by atoms with Crippen molar-refractivity contribution in [1.29, 1.82) is 0 Å². The summed E-state index contributed by atoms with van der Waals surface area (Å²) in [5, 5.41) is 0. The molecule has 0 saturated carbocycles. The monoisotopic (exact) mass is 435 g/mol. The summed E-state index contributed by atoms with van der Waals surface area (Å²) in [4.78, 5) is 40.8. The lowest BCUT2D eigenvalue weighted by Gasteiger charge is -2.33. The first kappa shape index (κ1) is 21.5. The van der Waals surface area contributed by atoms with Crippen LogP contribution in [0, 0.1) is 5.92 Å². The van der Waals surface area contributed by atoms with Crippen molar-refractivity contribution < 1.29 is 14.3 Å². The van der Waals surface area contributed by atoms with Gasteiger partial charge in [-0.3, -0.25) is 14.2 Å². The van der Waals surface area contributed by atoms with Gasteiger partial charge in [0.05, 0.1) is 31.2 Å². The maximum absolute atomic E-state index is 13.4. The van der Waals surface area contributed by atoms with E-state index in [1.807, 2.05) is 4.90 Å². The van der Waals surface area contributed by atoms with Crippen molar-refractivity contribution in [3.05, 3.63) is 58.8 Å². The van der Waals surface area contributed by atoms with Gasteiger partial charge in [0, 0.05) is 38.3 Å². The number of benzene rings is 1. The average molecular weight is 435 g/mol. The van der Waals surface area contributed by atoms with E-state index in [1.54, 1.807) is 51.7 Å². The topological polar surface area (TPSA) is 99.4 Å². The van der Waals surface area contributed by atoms with Crippen LogP contribution < -0.4 is 19.9 Å². The molecule has 1 aliphatic rings. The fraction of sp³-hybridized carbons (Fsp3) is 0.348. The Morgan fingerprint density at radius 1 is 1.12 bits per heavy atom. The first-order valence-electron chi connectivity index (χ1n) is 10.4. The molecular weight excluding hydrogens is 410 g/mol. The zero-order valence-corrected chi connectivity index (χ0v) is 18.3. The molecule has 1 unspecified atom stereocenters. The minimum absolute atomic E-state index is 0.0117. The van der Waals surface area contributed by atoms with E-state index in [2.05, 4.69) is 9.97 Å². The van der Waals surface area contributed by atoms with Gasteiger partial charge in [0.15, 0.2) is 5.78 Å². The molecule has 0 bridgehead atoms. The molecule has 1 saturated heterocycles. The minimum Gasteiger partial charge on any atom is -0.497 e. The number of hydrogen-bond acceptors (Lipinski definition) is 8. The average Bonchev–Trinajstić information content (AvgIpc) is 2.85. The molecule has 1 fully saturated rings. The smallest absolute Gasteiger partial charge is 0.255 e. The largest absolute Gasteiger partial charge is 0.497 e. The standard InChI is InChI=1S/C23H25N5O4/c1-27-21(29)12-19(18-8-9-24-14-25-18)26-23(27)28-10-4-5-15(13-28)22(30)17-11-16(31-2)6-7-20(17)32-3/h6-9,11-12,14-15H,4-5,10,13H2,1-3H3. The molecule has 9 heteroatoms. The normalized spacial score (nSPS) is 16.0. The number of piperidine rings is 1. The molecule has 0 aliphatic carbocycles. The van der Waals surface area contributed by atoms with E-state index in [0.29, 0.717) is 47.5 Å². The van der Waals surface area contributed by atoms with Crippen LogP contribution in [0.3, 0.4) is 0 Å². The van der Waals surface area contributed by atoms with Crippen molar-refractivity contribution >= 4 is 11.7 Å². The van der Waals surface area contributed by atoms with Crippen molar-refractivity contribution in [2.75, 3.05) is 32.2 Å².